The highest BCUT2D eigenvalue weighted by molar-refractivity contribution is 5.13. The van der Waals surface area contributed by atoms with Crippen LogP contribution in [-0.2, 0) is 16.1 Å². The van der Waals surface area contributed by atoms with E-state index in [1.807, 2.05) is 49.4 Å². The van der Waals surface area contributed by atoms with E-state index in [1.165, 1.54) is 0 Å². The Kier molecular flexibility index (Phi) is 7.30. The molecule has 0 aliphatic rings. The van der Waals surface area contributed by atoms with E-state index in [9.17, 15) is 0 Å². The monoisotopic (exact) mass is 236 g/mol. The molecule has 0 aliphatic heterocycles. The molecule has 0 unspecified atom stereocenters. The molecular weight excluding hydrogens is 216 g/mol. The van der Waals surface area contributed by atoms with Crippen molar-refractivity contribution in [2.75, 3.05) is 13.4 Å². The normalized spacial score (nSPS) is 13.1. The Morgan fingerprint density at radius 1 is 1.29 bits per heavy atom. The second-order valence-corrected chi connectivity index (χ2v) is 3.76. The molecule has 1 aromatic rings. The first-order valence-electron chi connectivity index (χ1n) is 5.83. The van der Waals surface area contributed by atoms with Crippen molar-refractivity contribution in [1.82, 2.24) is 0 Å². The maximum Gasteiger partial charge on any atom is 0.147 e. The standard InChI is InChI=1S/C14H20O3/c1-13(7-5-6-10-15)17-12-16-11-14-8-3-2-4-9-14/h2-5,7-9,13,15H,6,10-12H2,1H3/b7-5+/t13-/m0/s1. The van der Waals surface area contributed by atoms with Gasteiger partial charge in [0.05, 0.1) is 12.7 Å². The SMILES string of the molecule is C[C@@H](/C=C/CCO)OCOCc1ccccc1. The average Bonchev–Trinajstić information content (AvgIpc) is 2.36. The molecule has 0 bridgehead atoms. The van der Waals surface area contributed by atoms with E-state index in [-0.39, 0.29) is 19.5 Å². The molecule has 1 atom stereocenters. The van der Waals surface area contributed by atoms with Crippen LogP contribution in [0.25, 0.3) is 0 Å². The van der Waals surface area contributed by atoms with Gasteiger partial charge in [0.15, 0.2) is 0 Å². The van der Waals surface area contributed by atoms with E-state index in [4.69, 9.17) is 14.6 Å². The zero-order valence-corrected chi connectivity index (χ0v) is 10.2. The summed E-state index contributed by atoms with van der Waals surface area (Å²) in [6.07, 6.45) is 4.50. The summed E-state index contributed by atoms with van der Waals surface area (Å²) in [6, 6.07) is 9.99. The van der Waals surface area contributed by atoms with Crippen LogP contribution >= 0.6 is 0 Å². The number of hydrogen-bond acceptors (Lipinski definition) is 3. The summed E-state index contributed by atoms with van der Waals surface area (Å²) in [5, 5.41) is 8.60. The molecule has 0 saturated heterocycles. The van der Waals surface area contributed by atoms with Gasteiger partial charge in [-0.2, -0.15) is 0 Å². The van der Waals surface area contributed by atoms with Gasteiger partial charge in [0.2, 0.25) is 0 Å². The van der Waals surface area contributed by atoms with E-state index >= 15 is 0 Å². The first-order valence-corrected chi connectivity index (χ1v) is 5.83. The highest BCUT2D eigenvalue weighted by Gasteiger charge is 1.96. The van der Waals surface area contributed by atoms with Crippen LogP contribution in [0.1, 0.15) is 18.9 Å². The van der Waals surface area contributed by atoms with Gasteiger partial charge in [-0.05, 0) is 18.9 Å². The molecular formula is C14H20O3. The van der Waals surface area contributed by atoms with Gasteiger partial charge in [0, 0.05) is 6.61 Å². The number of rotatable bonds is 8. The number of benzene rings is 1. The third kappa shape index (κ3) is 6.89. The number of aliphatic hydroxyl groups excluding tert-OH is 1. The Hall–Kier alpha value is -1.16. The predicted octanol–water partition coefficient (Wildman–Crippen LogP) is 2.50. The van der Waals surface area contributed by atoms with Crippen molar-refractivity contribution in [3.05, 3.63) is 48.0 Å². The lowest BCUT2D eigenvalue weighted by Crippen LogP contribution is -2.08. The van der Waals surface area contributed by atoms with E-state index < -0.39 is 0 Å². The van der Waals surface area contributed by atoms with Gasteiger partial charge in [0.25, 0.3) is 0 Å². The van der Waals surface area contributed by atoms with Gasteiger partial charge in [-0.3, -0.25) is 0 Å². The zero-order chi connectivity index (χ0) is 12.3. The fourth-order valence-electron chi connectivity index (χ4n) is 1.31. The fourth-order valence-corrected chi connectivity index (χ4v) is 1.31. The summed E-state index contributed by atoms with van der Waals surface area (Å²) in [5.41, 5.74) is 1.14. The van der Waals surface area contributed by atoms with Crippen molar-refractivity contribution in [2.24, 2.45) is 0 Å². The van der Waals surface area contributed by atoms with Crippen LogP contribution in [0, 0.1) is 0 Å². The number of hydrogen-bond donors (Lipinski definition) is 1. The Labute approximate surface area is 103 Å². The summed E-state index contributed by atoms with van der Waals surface area (Å²) in [6.45, 7) is 2.96. The molecule has 0 spiro atoms. The van der Waals surface area contributed by atoms with Crippen LogP contribution < -0.4 is 0 Å². The molecule has 0 aromatic heterocycles. The second kappa shape index (κ2) is 8.93. The van der Waals surface area contributed by atoms with Crippen LogP contribution in [0.3, 0.4) is 0 Å². The first-order chi connectivity index (χ1) is 8.33. The minimum atomic E-state index is 0.0114. The summed E-state index contributed by atoms with van der Waals surface area (Å²) < 4.78 is 10.8. The molecule has 0 heterocycles. The maximum atomic E-state index is 8.60. The maximum absolute atomic E-state index is 8.60. The third-order valence-corrected chi connectivity index (χ3v) is 2.23. The lowest BCUT2D eigenvalue weighted by molar-refractivity contribution is -0.0775. The highest BCUT2D eigenvalue weighted by Crippen LogP contribution is 2.01. The third-order valence-electron chi connectivity index (χ3n) is 2.23. The van der Waals surface area contributed by atoms with Gasteiger partial charge >= 0.3 is 0 Å². The van der Waals surface area contributed by atoms with Gasteiger partial charge in [0.1, 0.15) is 6.79 Å². The van der Waals surface area contributed by atoms with Crippen molar-refractivity contribution in [3.8, 4) is 0 Å². The largest absolute Gasteiger partial charge is 0.396 e. The van der Waals surface area contributed by atoms with Crippen LogP contribution in [0.2, 0.25) is 0 Å². The molecule has 3 nitrogen and oxygen atoms in total. The lowest BCUT2D eigenvalue weighted by atomic mass is 10.2. The molecule has 3 heteroatoms. The summed E-state index contributed by atoms with van der Waals surface area (Å²) >= 11 is 0. The molecule has 0 saturated carbocycles. The van der Waals surface area contributed by atoms with Crippen LogP contribution in [0.5, 0.6) is 0 Å². The average molecular weight is 236 g/mol. The van der Waals surface area contributed by atoms with Crippen molar-refractivity contribution < 1.29 is 14.6 Å². The Balaban J connectivity index is 2.08. The second-order valence-electron chi connectivity index (χ2n) is 3.76. The summed E-state index contributed by atoms with van der Waals surface area (Å²) in [7, 11) is 0. The molecule has 1 aromatic carbocycles. The van der Waals surface area contributed by atoms with E-state index in [0.717, 1.165) is 5.56 Å². The summed E-state index contributed by atoms with van der Waals surface area (Å²) in [5.74, 6) is 0. The van der Waals surface area contributed by atoms with E-state index in [0.29, 0.717) is 13.0 Å². The van der Waals surface area contributed by atoms with Crippen molar-refractivity contribution >= 4 is 0 Å². The van der Waals surface area contributed by atoms with Gasteiger partial charge in [-0.25, -0.2) is 0 Å². The zero-order valence-electron chi connectivity index (χ0n) is 10.2. The van der Waals surface area contributed by atoms with Crippen molar-refractivity contribution in [2.45, 2.75) is 26.1 Å². The molecule has 0 aliphatic carbocycles. The molecule has 0 amide bonds. The first kappa shape index (κ1) is 13.9. The molecule has 1 N–H and O–H groups in total. The fraction of sp³-hybridized carbons (Fsp3) is 0.429. The van der Waals surface area contributed by atoms with Crippen LogP contribution in [0.15, 0.2) is 42.5 Å². The minimum Gasteiger partial charge on any atom is -0.396 e. The van der Waals surface area contributed by atoms with Gasteiger partial charge < -0.3 is 14.6 Å². The van der Waals surface area contributed by atoms with Crippen LogP contribution in [-0.4, -0.2) is 24.6 Å². The molecule has 0 radical (unpaired) electrons. The van der Waals surface area contributed by atoms with Gasteiger partial charge in [-0.15, -0.1) is 0 Å². The Bertz CT molecular complexity index is 309. The molecule has 1 rings (SSSR count). The van der Waals surface area contributed by atoms with Crippen molar-refractivity contribution in [1.29, 1.82) is 0 Å². The minimum absolute atomic E-state index is 0.0114. The van der Waals surface area contributed by atoms with Gasteiger partial charge in [-0.1, -0.05) is 42.5 Å². The quantitative estimate of drug-likeness (QED) is 0.428. The van der Waals surface area contributed by atoms with Crippen molar-refractivity contribution in [3.63, 3.8) is 0 Å². The van der Waals surface area contributed by atoms with E-state index in [2.05, 4.69) is 0 Å². The van der Waals surface area contributed by atoms with Crippen LogP contribution in [0.4, 0.5) is 0 Å². The summed E-state index contributed by atoms with van der Waals surface area (Å²) in [4.78, 5) is 0. The Morgan fingerprint density at radius 3 is 2.76 bits per heavy atom. The Morgan fingerprint density at radius 2 is 2.06 bits per heavy atom. The number of aliphatic hydroxyl groups is 1. The topological polar surface area (TPSA) is 38.7 Å². The van der Waals surface area contributed by atoms with E-state index in [1.54, 1.807) is 0 Å². The predicted molar refractivity (Wildman–Crippen MR) is 67.5 cm³/mol. The highest BCUT2D eigenvalue weighted by atomic mass is 16.7. The molecule has 94 valence electrons. The molecule has 0 fully saturated rings. The lowest BCUT2D eigenvalue weighted by Gasteiger charge is -2.09. The smallest absolute Gasteiger partial charge is 0.147 e. The number of ether oxygens (including phenoxy) is 2. The molecule has 17 heavy (non-hydrogen) atoms.